The zero-order valence-electron chi connectivity index (χ0n) is 24.8. The molecule has 6 aromatic rings. The molecule has 0 aliphatic rings. The van der Waals surface area contributed by atoms with Gasteiger partial charge in [-0.05, 0) is 120 Å². The number of hydrogen-bond acceptors (Lipinski definition) is 6. The molecule has 0 heterocycles. The summed E-state index contributed by atoms with van der Waals surface area (Å²) in [6, 6.07) is 42.7. The maximum absolute atomic E-state index is 5.83. The van der Waals surface area contributed by atoms with Gasteiger partial charge in [0, 0.05) is 34.9 Å². The molecule has 0 bridgehead atoms. The van der Waals surface area contributed by atoms with Gasteiger partial charge in [-0.15, -0.1) is 0 Å². The predicted octanol–water partition coefficient (Wildman–Crippen LogP) is 9.24. The largest absolute Gasteiger partial charge is 0.457 e. The molecule has 6 aromatic carbocycles. The third-order valence-corrected chi connectivity index (χ3v) is 7.10. The lowest BCUT2D eigenvalue weighted by molar-refractivity contribution is 0.482. The maximum atomic E-state index is 5.83. The molecule has 0 saturated heterocycles. The third-order valence-electron chi connectivity index (χ3n) is 7.10. The van der Waals surface area contributed by atoms with Crippen molar-refractivity contribution in [1.82, 2.24) is 0 Å². The lowest BCUT2D eigenvalue weighted by atomic mass is 10.0. The molecule has 0 amide bonds. The van der Waals surface area contributed by atoms with E-state index in [4.69, 9.17) is 32.4 Å². The highest BCUT2D eigenvalue weighted by Gasteiger charge is 2.04. The molecule has 8 N–H and O–H groups in total. The molecule has 0 aromatic heterocycles. The standard InChI is InChI=1S/C24H20N2O2.C14H16N2/c25-19-3-1-5-23(15-19)27-21-11-7-17(8-12-21)18-9-13-22(14-10-18)28-24-6-2-4-20(26)16-24;1-9-7-11(3-5-13(9)15)12-4-6-14(16)10(2)8-12/h1-16H,25-26H2;3-8H,15-16H2,1-2H3. The highest BCUT2D eigenvalue weighted by molar-refractivity contribution is 5.70. The van der Waals surface area contributed by atoms with E-state index in [0.29, 0.717) is 11.4 Å². The van der Waals surface area contributed by atoms with Gasteiger partial charge in [0.2, 0.25) is 0 Å². The van der Waals surface area contributed by atoms with Gasteiger partial charge in [0.05, 0.1) is 0 Å². The Bertz CT molecular complexity index is 1730. The van der Waals surface area contributed by atoms with E-state index >= 15 is 0 Å². The van der Waals surface area contributed by atoms with Crippen LogP contribution in [-0.2, 0) is 0 Å². The fourth-order valence-electron chi connectivity index (χ4n) is 4.57. The van der Waals surface area contributed by atoms with Crippen LogP contribution in [0.2, 0.25) is 0 Å². The van der Waals surface area contributed by atoms with Crippen LogP contribution < -0.4 is 32.4 Å². The molecule has 0 radical (unpaired) electrons. The average molecular weight is 581 g/mol. The van der Waals surface area contributed by atoms with Gasteiger partial charge in [-0.2, -0.15) is 0 Å². The number of anilines is 4. The molecule has 0 spiro atoms. The lowest BCUT2D eigenvalue weighted by Crippen LogP contribution is -1.91. The van der Waals surface area contributed by atoms with E-state index in [1.807, 2.05) is 123 Å². The average Bonchev–Trinajstić information content (AvgIpc) is 3.01. The Kier molecular flexibility index (Phi) is 9.02. The second-order valence-electron chi connectivity index (χ2n) is 10.5. The fourth-order valence-corrected chi connectivity index (χ4v) is 4.57. The molecule has 0 saturated carbocycles. The lowest BCUT2D eigenvalue weighted by Gasteiger charge is -2.09. The quantitative estimate of drug-likeness (QED) is 0.146. The molecule has 6 rings (SSSR count). The minimum atomic E-state index is 0.676. The van der Waals surface area contributed by atoms with Gasteiger partial charge in [0.25, 0.3) is 0 Å². The number of rotatable bonds is 6. The molecule has 6 nitrogen and oxygen atoms in total. The van der Waals surface area contributed by atoms with Gasteiger partial charge < -0.3 is 32.4 Å². The molecular formula is C38H36N4O2. The van der Waals surface area contributed by atoms with Gasteiger partial charge in [0.1, 0.15) is 23.0 Å². The van der Waals surface area contributed by atoms with Crippen molar-refractivity contribution in [1.29, 1.82) is 0 Å². The van der Waals surface area contributed by atoms with Crippen molar-refractivity contribution >= 4 is 22.7 Å². The van der Waals surface area contributed by atoms with Crippen molar-refractivity contribution in [3.63, 3.8) is 0 Å². The van der Waals surface area contributed by atoms with E-state index in [-0.39, 0.29) is 0 Å². The maximum Gasteiger partial charge on any atom is 0.129 e. The number of nitrogens with two attached hydrogens (primary N) is 4. The first-order valence-electron chi connectivity index (χ1n) is 14.2. The summed E-state index contributed by atoms with van der Waals surface area (Å²) in [5.74, 6) is 2.96. The van der Waals surface area contributed by atoms with E-state index in [9.17, 15) is 0 Å². The van der Waals surface area contributed by atoms with Crippen molar-refractivity contribution in [2.75, 3.05) is 22.9 Å². The summed E-state index contributed by atoms with van der Waals surface area (Å²) in [4.78, 5) is 0. The first kappa shape index (κ1) is 29.6. The van der Waals surface area contributed by atoms with E-state index < -0.39 is 0 Å². The summed E-state index contributed by atoms with van der Waals surface area (Å²) in [6.45, 7) is 4.03. The Hall–Kier alpha value is -5.88. The summed E-state index contributed by atoms with van der Waals surface area (Å²) >= 11 is 0. The molecule has 0 aliphatic carbocycles. The van der Waals surface area contributed by atoms with Gasteiger partial charge >= 0.3 is 0 Å². The van der Waals surface area contributed by atoms with E-state index in [1.165, 1.54) is 11.1 Å². The highest BCUT2D eigenvalue weighted by Crippen LogP contribution is 2.30. The van der Waals surface area contributed by atoms with E-state index in [1.54, 1.807) is 12.1 Å². The number of benzene rings is 6. The van der Waals surface area contributed by atoms with Gasteiger partial charge in [-0.1, -0.05) is 48.5 Å². The molecule has 0 fully saturated rings. The number of ether oxygens (including phenoxy) is 2. The normalized spacial score (nSPS) is 10.4. The van der Waals surface area contributed by atoms with Crippen LogP contribution in [-0.4, -0.2) is 0 Å². The summed E-state index contributed by atoms with van der Waals surface area (Å²) < 4.78 is 11.7. The van der Waals surface area contributed by atoms with Crippen LogP contribution >= 0.6 is 0 Å². The molecule has 0 aliphatic heterocycles. The van der Waals surface area contributed by atoms with Crippen molar-refractivity contribution in [3.8, 4) is 45.3 Å². The summed E-state index contributed by atoms with van der Waals surface area (Å²) in [5.41, 5.74) is 32.9. The first-order chi connectivity index (χ1) is 21.2. The van der Waals surface area contributed by atoms with Crippen LogP contribution in [0.3, 0.4) is 0 Å². The Morgan fingerprint density at radius 1 is 0.364 bits per heavy atom. The smallest absolute Gasteiger partial charge is 0.129 e. The van der Waals surface area contributed by atoms with Crippen LogP contribution in [0.4, 0.5) is 22.7 Å². The second-order valence-corrected chi connectivity index (χ2v) is 10.5. The first-order valence-corrected chi connectivity index (χ1v) is 14.2. The van der Waals surface area contributed by atoms with Crippen LogP contribution in [0.15, 0.2) is 133 Å². The van der Waals surface area contributed by atoms with Crippen LogP contribution in [0, 0.1) is 13.8 Å². The fraction of sp³-hybridized carbons (Fsp3) is 0.0526. The van der Waals surface area contributed by atoms with E-state index in [0.717, 1.165) is 56.6 Å². The third kappa shape index (κ3) is 7.69. The minimum Gasteiger partial charge on any atom is -0.457 e. The molecule has 0 unspecified atom stereocenters. The molecule has 0 atom stereocenters. The topological polar surface area (TPSA) is 123 Å². The second kappa shape index (κ2) is 13.4. The SMILES string of the molecule is Cc1cc(-c2ccc(N)c(C)c2)ccc1N.Nc1cccc(Oc2ccc(-c3ccc(Oc4cccc(N)c4)cc3)cc2)c1. The number of hydrogen-bond donors (Lipinski definition) is 4. The van der Waals surface area contributed by atoms with Crippen LogP contribution in [0.5, 0.6) is 23.0 Å². The van der Waals surface area contributed by atoms with Crippen molar-refractivity contribution in [2.24, 2.45) is 0 Å². The zero-order chi connectivity index (χ0) is 31.1. The molecule has 220 valence electrons. The predicted molar refractivity (Wildman–Crippen MR) is 184 cm³/mol. The van der Waals surface area contributed by atoms with Gasteiger partial charge in [0.15, 0.2) is 0 Å². The highest BCUT2D eigenvalue weighted by atomic mass is 16.5. The van der Waals surface area contributed by atoms with Gasteiger partial charge in [-0.3, -0.25) is 0 Å². The van der Waals surface area contributed by atoms with Crippen LogP contribution in [0.1, 0.15) is 11.1 Å². The summed E-state index contributed by atoms with van der Waals surface area (Å²) in [5, 5.41) is 0. The van der Waals surface area contributed by atoms with Crippen molar-refractivity contribution in [3.05, 3.63) is 145 Å². The number of nitrogen functional groups attached to an aromatic ring is 4. The Balaban J connectivity index is 0.000000204. The van der Waals surface area contributed by atoms with E-state index in [2.05, 4.69) is 12.1 Å². The number of aryl methyl sites for hydroxylation is 2. The zero-order valence-corrected chi connectivity index (χ0v) is 24.8. The molecular weight excluding hydrogens is 544 g/mol. The Labute approximate surface area is 258 Å². The summed E-state index contributed by atoms with van der Waals surface area (Å²) in [6.07, 6.45) is 0. The monoisotopic (exact) mass is 580 g/mol. The minimum absolute atomic E-state index is 0.676. The molecule has 6 heteroatoms. The summed E-state index contributed by atoms with van der Waals surface area (Å²) in [7, 11) is 0. The van der Waals surface area contributed by atoms with Gasteiger partial charge in [-0.25, -0.2) is 0 Å². The Morgan fingerprint density at radius 2 is 0.727 bits per heavy atom. The van der Waals surface area contributed by atoms with Crippen LogP contribution in [0.25, 0.3) is 22.3 Å². The Morgan fingerprint density at radius 3 is 1.07 bits per heavy atom. The van der Waals surface area contributed by atoms with Crippen molar-refractivity contribution < 1.29 is 9.47 Å². The van der Waals surface area contributed by atoms with Crippen molar-refractivity contribution in [2.45, 2.75) is 13.8 Å². The molecule has 44 heavy (non-hydrogen) atoms.